The number of benzene rings is 1. The summed E-state index contributed by atoms with van der Waals surface area (Å²) >= 11 is 6.55. The van der Waals surface area contributed by atoms with E-state index in [9.17, 15) is 14.4 Å². The van der Waals surface area contributed by atoms with Crippen LogP contribution in [-0.2, 0) is 9.53 Å². The summed E-state index contributed by atoms with van der Waals surface area (Å²) in [6.07, 6.45) is 1.39. The highest BCUT2D eigenvalue weighted by Gasteiger charge is 2.65. The Morgan fingerprint density at radius 1 is 1.21 bits per heavy atom. The second-order valence-electron chi connectivity index (χ2n) is 11.8. The van der Waals surface area contributed by atoms with Gasteiger partial charge in [-0.15, -0.1) is 0 Å². The number of amides is 1. The Morgan fingerprint density at radius 2 is 1.82 bits per heavy atom. The highest BCUT2D eigenvalue weighted by atomic mass is 35.5. The molecule has 1 aromatic rings. The molecule has 0 aromatic heterocycles. The molecule has 0 bridgehead atoms. The van der Waals surface area contributed by atoms with E-state index in [-0.39, 0.29) is 51.7 Å². The molecular formula is C28H40ClN3O7. The van der Waals surface area contributed by atoms with E-state index in [2.05, 4.69) is 5.32 Å². The van der Waals surface area contributed by atoms with Gasteiger partial charge in [0.2, 0.25) is 11.4 Å². The molecule has 10 nitrogen and oxygen atoms in total. The quantitative estimate of drug-likeness (QED) is 0.515. The van der Waals surface area contributed by atoms with Crippen LogP contribution in [0.3, 0.4) is 0 Å². The second-order valence-corrected chi connectivity index (χ2v) is 12.2. The Labute approximate surface area is 234 Å². The Morgan fingerprint density at radius 3 is 2.36 bits per heavy atom. The smallest absolute Gasteiger partial charge is 0.410 e. The fraction of sp³-hybridized carbons (Fsp3) is 0.679. The molecule has 216 valence electrons. The number of piperidine rings is 1. The zero-order valence-electron chi connectivity index (χ0n) is 23.8. The number of hydrogen-bond acceptors (Lipinski definition) is 9. The van der Waals surface area contributed by atoms with Gasteiger partial charge in [0, 0.05) is 37.2 Å². The van der Waals surface area contributed by atoms with Crippen molar-refractivity contribution < 1.29 is 33.3 Å². The molecule has 11 heteroatoms. The van der Waals surface area contributed by atoms with Crippen LogP contribution in [0.4, 0.5) is 4.79 Å². The molecular weight excluding hydrogens is 526 g/mol. The third kappa shape index (κ3) is 4.95. The van der Waals surface area contributed by atoms with Crippen molar-refractivity contribution in [1.29, 1.82) is 0 Å². The Balaban J connectivity index is 1.62. The van der Waals surface area contributed by atoms with Crippen molar-refractivity contribution in [1.82, 2.24) is 10.2 Å². The van der Waals surface area contributed by atoms with E-state index < -0.39 is 34.9 Å². The van der Waals surface area contributed by atoms with Gasteiger partial charge in [-0.2, -0.15) is 0 Å². The van der Waals surface area contributed by atoms with Crippen molar-refractivity contribution in [2.75, 3.05) is 34.4 Å². The molecule has 39 heavy (non-hydrogen) atoms. The van der Waals surface area contributed by atoms with Crippen molar-refractivity contribution in [3.8, 4) is 17.2 Å². The molecule has 5 atom stereocenters. The van der Waals surface area contributed by atoms with E-state index in [0.29, 0.717) is 32.4 Å². The molecule has 2 fully saturated rings. The summed E-state index contributed by atoms with van der Waals surface area (Å²) in [6.45, 7) is 8.33. The third-order valence-corrected chi connectivity index (χ3v) is 8.65. The van der Waals surface area contributed by atoms with Gasteiger partial charge in [-0.1, -0.05) is 18.5 Å². The molecule has 1 saturated heterocycles. The average Bonchev–Trinajstić information content (AvgIpc) is 3.19. The summed E-state index contributed by atoms with van der Waals surface area (Å²) < 4.78 is 22.6. The monoisotopic (exact) mass is 565 g/mol. The van der Waals surface area contributed by atoms with Crippen LogP contribution in [0.15, 0.2) is 6.07 Å². The van der Waals surface area contributed by atoms with Crippen LogP contribution < -0.4 is 25.3 Å². The average molecular weight is 566 g/mol. The first-order valence-corrected chi connectivity index (χ1v) is 13.8. The van der Waals surface area contributed by atoms with E-state index in [1.807, 2.05) is 27.7 Å². The number of halogens is 1. The minimum absolute atomic E-state index is 0.0521. The summed E-state index contributed by atoms with van der Waals surface area (Å²) in [5.74, 6) is -1.34. The lowest BCUT2D eigenvalue weighted by Crippen LogP contribution is -2.67. The molecule has 3 unspecified atom stereocenters. The van der Waals surface area contributed by atoms with Gasteiger partial charge in [0.1, 0.15) is 27.7 Å². The predicted octanol–water partition coefficient (Wildman–Crippen LogP) is 3.46. The number of Topliss-reactive ketones (excluding diaryl/α,β-unsaturated/α-hetero) is 2. The number of rotatable bonds is 5. The Bertz CT molecular complexity index is 1140. The molecule has 3 aliphatic rings. The molecule has 1 aliphatic carbocycles. The van der Waals surface area contributed by atoms with E-state index in [4.69, 9.17) is 36.3 Å². The first-order chi connectivity index (χ1) is 18.3. The first-order valence-electron chi connectivity index (χ1n) is 13.4. The third-order valence-electron chi connectivity index (χ3n) is 8.29. The highest BCUT2D eigenvalue weighted by Crippen LogP contribution is 2.54. The number of ether oxygens (including phenoxy) is 4. The number of methoxy groups -OCH3 is 2. The molecule has 2 heterocycles. The van der Waals surface area contributed by atoms with Crippen molar-refractivity contribution in [2.24, 2.45) is 23.5 Å². The largest absolute Gasteiger partial charge is 0.496 e. The molecule has 1 amide bonds. The lowest BCUT2D eigenvalue weighted by Gasteiger charge is -2.47. The number of carbonyl (C=O) groups excluding carboxylic acids is 3. The summed E-state index contributed by atoms with van der Waals surface area (Å²) in [6, 6.07) is 0.730. The van der Waals surface area contributed by atoms with E-state index in [0.717, 1.165) is 0 Å². The molecule has 2 aliphatic heterocycles. The maximum Gasteiger partial charge on any atom is 0.410 e. The van der Waals surface area contributed by atoms with Gasteiger partial charge >= 0.3 is 6.09 Å². The van der Waals surface area contributed by atoms with Crippen LogP contribution in [0.5, 0.6) is 17.2 Å². The molecule has 3 N–H and O–H groups in total. The molecule has 1 aromatic carbocycles. The zero-order valence-corrected chi connectivity index (χ0v) is 24.5. The number of likely N-dealkylation sites (tertiary alicyclic amines) is 1. The van der Waals surface area contributed by atoms with Crippen LogP contribution in [0.2, 0.25) is 5.02 Å². The van der Waals surface area contributed by atoms with Gasteiger partial charge < -0.3 is 34.9 Å². The molecule has 0 radical (unpaired) electrons. The minimum atomic E-state index is -1.77. The minimum Gasteiger partial charge on any atom is -0.496 e. The van der Waals surface area contributed by atoms with Crippen molar-refractivity contribution in [3.63, 3.8) is 0 Å². The number of carbonyl (C=O) groups is 3. The van der Waals surface area contributed by atoms with Crippen LogP contribution in [0.25, 0.3) is 0 Å². The maximum atomic E-state index is 14.4. The number of hydrogen-bond donors (Lipinski definition) is 2. The number of nitrogens with two attached hydrogens (primary N) is 1. The molecule has 4 rings (SSSR count). The van der Waals surface area contributed by atoms with E-state index in [1.54, 1.807) is 11.9 Å². The normalized spacial score (nSPS) is 28.2. The summed E-state index contributed by atoms with van der Waals surface area (Å²) in [4.78, 5) is 42.7. The van der Waals surface area contributed by atoms with E-state index in [1.165, 1.54) is 20.3 Å². The number of nitrogens with one attached hydrogen (secondary N) is 1. The SMILES string of the molecule is CNC(C1CCN(C(=O)OC(C)(C)C)CC1)C1C(=O)[C@@]2(Oc3c(Cl)c(OC)cc(OC)c3C2=O)[C@H](C)CC1N. The lowest BCUT2D eigenvalue weighted by molar-refractivity contribution is -0.145. The predicted molar refractivity (Wildman–Crippen MR) is 146 cm³/mol. The van der Waals surface area contributed by atoms with Gasteiger partial charge in [-0.3, -0.25) is 9.59 Å². The summed E-state index contributed by atoms with van der Waals surface area (Å²) in [5.41, 5.74) is 4.44. The highest BCUT2D eigenvalue weighted by molar-refractivity contribution is 6.36. The fourth-order valence-corrected chi connectivity index (χ4v) is 6.66. The van der Waals surface area contributed by atoms with Crippen LogP contribution >= 0.6 is 11.6 Å². The van der Waals surface area contributed by atoms with E-state index >= 15 is 0 Å². The van der Waals surface area contributed by atoms with Crippen LogP contribution in [0, 0.1) is 17.8 Å². The Kier molecular flexibility index (Phi) is 8.13. The van der Waals surface area contributed by atoms with Gasteiger partial charge in [0.25, 0.3) is 0 Å². The standard InChI is InChI=1S/C28H40ClN3O7/c1-14-12-16(30)19(22(31-5)15-8-10-32(11-9-15)26(35)39-27(2,3)4)24(33)28(14)25(34)20-17(36-6)13-18(37-7)21(29)23(20)38-28/h13-16,19,22,31H,8-12,30H2,1-7H3/t14-,16?,19?,22?,28+/m1/s1. The zero-order chi connectivity index (χ0) is 28.9. The van der Waals surface area contributed by atoms with Crippen molar-refractivity contribution in [2.45, 2.75) is 70.2 Å². The molecule has 1 spiro atoms. The van der Waals surface area contributed by atoms with Gasteiger partial charge in [0.05, 0.1) is 20.1 Å². The molecule has 1 saturated carbocycles. The van der Waals surface area contributed by atoms with Gasteiger partial charge in [0.15, 0.2) is 11.5 Å². The summed E-state index contributed by atoms with van der Waals surface area (Å²) in [5, 5.41) is 3.44. The van der Waals surface area contributed by atoms with Crippen LogP contribution in [0.1, 0.15) is 57.3 Å². The first kappa shape index (κ1) is 29.4. The maximum absolute atomic E-state index is 14.4. The fourth-order valence-electron chi connectivity index (χ4n) is 6.40. The number of fused-ring (bicyclic) bond motifs is 1. The number of ketones is 2. The second kappa shape index (κ2) is 10.8. The van der Waals surface area contributed by atoms with Gasteiger partial charge in [-0.25, -0.2) is 4.79 Å². The topological polar surface area (TPSA) is 129 Å². The number of nitrogens with zero attached hydrogens (tertiary/aromatic N) is 1. The van der Waals surface area contributed by atoms with Crippen molar-refractivity contribution >= 4 is 29.3 Å². The lowest BCUT2D eigenvalue weighted by atomic mass is 9.62. The van der Waals surface area contributed by atoms with Crippen molar-refractivity contribution in [3.05, 3.63) is 16.7 Å². The summed E-state index contributed by atoms with van der Waals surface area (Å²) in [7, 11) is 4.69. The Hall–Kier alpha value is -2.56. The van der Waals surface area contributed by atoms with Crippen LogP contribution in [-0.4, -0.2) is 80.2 Å². The van der Waals surface area contributed by atoms with Gasteiger partial charge in [-0.05, 0) is 53.0 Å².